The number of nitrogens with one attached hydrogen (secondary N) is 1. The van der Waals surface area contributed by atoms with Crippen molar-refractivity contribution < 1.29 is 14.4 Å². The number of benzene rings is 1. The molecule has 0 saturated carbocycles. The molecule has 0 bridgehead atoms. The van der Waals surface area contributed by atoms with Crippen LogP contribution in [0.25, 0.3) is 0 Å². The van der Waals surface area contributed by atoms with Crippen LogP contribution >= 0.6 is 0 Å². The predicted molar refractivity (Wildman–Crippen MR) is 70.3 cm³/mol. The van der Waals surface area contributed by atoms with Crippen molar-refractivity contribution in [2.24, 2.45) is 0 Å². The third kappa shape index (κ3) is 4.37. The summed E-state index contributed by atoms with van der Waals surface area (Å²) in [5.74, 6) is -0.834. The highest BCUT2D eigenvalue weighted by molar-refractivity contribution is 5.90. The van der Waals surface area contributed by atoms with Crippen LogP contribution in [0.1, 0.15) is 29.6 Å². The molecule has 1 N–H and O–H groups in total. The second kappa shape index (κ2) is 6.89. The minimum atomic E-state index is -0.549. The zero-order chi connectivity index (χ0) is 13.5. The molecule has 0 spiro atoms. The molecule has 0 atom stereocenters. The van der Waals surface area contributed by atoms with Crippen LogP contribution in [0, 0.1) is 0 Å². The fourth-order valence-electron chi connectivity index (χ4n) is 2.09. The maximum atomic E-state index is 11.6. The summed E-state index contributed by atoms with van der Waals surface area (Å²) in [6.07, 6.45) is 3.47. The molecule has 0 aromatic heterocycles. The molecule has 1 aliphatic rings. The maximum Gasteiger partial charge on any atom is 0.362 e. The van der Waals surface area contributed by atoms with Crippen molar-refractivity contribution >= 4 is 11.9 Å². The van der Waals surface area contributed by atoms with Crippen molar-refractivity contribution in [1.82, 2.24) is 10.4 Å². The number of rotatable bonds is 3. The lowest BCUT2D eigenvalue weighted by atomic mass is 10.1. The minimum absolute atomic E-state index is 0.280. The molecule has 5 heteroatoms. The van der Waals surface area contributed by atoms with Gasteiger partial charge in [-0.05, 0) is 38.1 Å². The van der Waals surface area contributed by atoms with Gasteiger partial charge in [-0.3, -0.25) is 9.69 Å². The summed E-state index contributed by atoms with van der Waals surface area (Å²) in [7, 11) is 0. The van der Waals surface area contributed by atoms with Crippen molar-refractivity contribution in [3.63, 3.8) is 0 Å². The predicted octanol–water partition coefficient (Wildman–Crippen LogP) is 1.36. The van der Waals surface area contributed by atoms with Crippen molar-refractivity contribution in [1.29, 1.82) is 0 Å². The fraction of sp³-hybridized carbons (Fsp3) is 0.429. The van der Waals surface area contributed by atoms with Crippen LogP contribution in [0.3, 0.4) is 0 Å². The smallest absolute Gasteiger partial charge is 0.335 e. The molecule has 0 radical (unpaired) electrons. The molecule has 102 valence electrons. The van der Waals surface area contributed by atoms with Gasteiger partial charge in [-0.1, -0.05) is 24.6 Å². The van der Waals surface area contributed by atoms with E-state index in [1.165, 1.54) is 6.42 Å². The van der Waals surface area contributed by atoms with E-state index < -0.39 is 5.97 Å². The average molecular weight is 262 g/mol. The normalized spacial score (nSPS) is 15.8. The van der Waals surface area contributed by atoms with Crippen LogP contribution in [-0.2, 0) is 9.63 Å². The Kier molecular flexibility index (Phi) is 4.92. The van der Waals surface area contributed by atoms with Gasteiger partial charge < -0.3 is 4.84 Å². The average Bonchev–Trinajstić information content (AvgIpc) is 2.47. The molecule has 1 aliphatic heterocycles. The van der Waals surface area contributed by atoms with Crippen LogP contribution in [0.15, 0.2) is 30.3 Å². The first-order valence-electron chi connectivity index (χ1n) is 6.53. The van der Waals surface area contributed by atoms with Gasteiger partial charge >= 0.3 is 5.97 Å². The van der Waals surface area contributed by atoms with Gasteiger partial charge in [-0.25, -0.2) is 4.79 Å². The second-order valence-electron chi connectivity index (χ2n) is 4.62. The van der Waals surface area contributed by atoms with E-state index in [-0.39, 0.29) is 12.5 Å². The van der Waals surface area contributed by atoms with Crippen LogP contribution in [0.4, 0.5) is 0 Å². The number of amides is 1. The lowest BCUT2D eigenvalue weighted by molar-refractivity contribution is -0.131. The van der Waals surface area contributed by atoms with Gasteiger partial charge in [0.05, 0.1) is 12.1 Å². The monoisotopic (exact) mass is 262 g/mol. The largest absolute Gasteiger partial charge is 0.362 e. The number of piperidine rings is 1. The van der Waals surface area contributed by atoms with Gasteiger partial charge in [0.2, 0.25) is 0 Å². The minimum Gasteiger partial charge on any atom is -0.335 e. The van der Waals surface area contributed by atoms with E-state index in [1.54, 1.807) is 24.3 Å². The maximum absolute atomic E-state index is 11.6. The SMILES string of the molecule is O=C(CN1CCCCC1)NOC(=O)c1ccccc1. The molecule has 0 unspecified atom stereocenters. The van der Waals surface area contributed by atoms with Crippen molar-refractivity contribution in [2.75, 3.05) is 19.6 Å². The molecule has 2 rings (SSSR count). The Morgan fingerprint density at radius 3 is 2.47 bits per heavy atom. The summed E-state index contributed by atoms with van der Waals surface area (Å²) in [6.45, 7) is 2.14. The van der Waals surface area contributed by atoms with Crippen molar-refractivity contribution in [2.45, 2.75) is 19.3 Å². The summed E-state index contributed by atoms with van der Waals surface area (Å²) in [4.78, 5) is 30.0. The van der Waals surface area contributed by atoms with E-state index >= 15 is 0 Å². The Balaban J connectivity index is 1.72. The highest BCUT2D eigenvalue weighted by Gasteiger charge is 2.15. The topological polar surface area (TPSA) is 58.6 Å². The van der Waals surface area contributed by atoms with Gasteiger partial charge in [0.25, 0.3) is 5.91 Å². The Morgan fingerprint density at radius 1 is 1.11 bits per heavy atom. The highest BCUT2D eigenvalue weighted by Crippen LogP contribution is 2.07. The van der Waals surface area contributed by atoms with E-state index in [1.807, 2.05) is 6.07 Å². The Labute approximate surface area is 112 Å². The molecular formula is C14H18N2O3. The molecule has 1 aromatic rings. The van der Waals surface area contributed by atoms with Crippen molar-refractivity contribution in [3.8, 4) is 0 Å². The summed E-state index contributed by atoms with van der Waals surface area (Å²) in [5.41, 5.74) is 2.62. The number of hydrogen-bond acceptors (Lipinski definition) is 4. The van der Waals surface area contributed by atoms with E-state index in [9.17, 15) is 9.59 Å². The quantitative estimate of drug-likeness (QED) is 0.836. The molecule has 1 fully saturated rings. The number of hydrogen-bond donors (Lipinski definition) is 1. The number of carbonyl (C=O) groups is 2. The third-order valence-corrected chi connectivity index (χ3v) is 3.08. The standard InChI is InChI=1S/C14H18N2O3/c17-13(11-16-9-5-2-6-10-16)15-19-14(18)12-7-3-1-4-8-12/h1,3-4,7-8H,2,5-6,9-11H2,(H,15,17). The first kappa shape index (κ1) is 13.5. The first-order valence-corrected chi connectivity index (χ1v) is 6.53. The molecule has 1 heterocycles. The number of hydroxylamine groups is 1. The Morgan fingerprint density at radius 2 is 1.79 bits per heavy atom. The number of likely N-dealkylation sites (tertiary alicyclic amines) is 1. The molecule has 1 saturated heterocycles. The highest BCUT2D eigenvalue weighted by atomic mass is 16.7. The molecular weight excluding hydrogens is 244 g/mol. The van der Waals surface area contributed by atoms with E-state index in [2.05, 4.69) is 10.4 Å². The molecule has 19 heavy (non-hydrogen) atoms. The lowest BCUT2D eigenvalue weighted by Gasteiger charge is -2.25. The molecule has 1 aromatic carbocycles. The zero-order valence-corrected chi connectivity index (χ0v) is 10.8. The van der Waals surface area contributed by atoms with Crippen LogP contribution < -0.4 is 5.48 Å². The van der Waals surface area contributed by atoms with E-state index in [4.69, 9.17) is 4.84 Å². The van der Waals surface area contributed by atoms with Gasteiger partial charge in [-0.15, -0.1) is 0 Å². The van der Waals surface area contributed by atoms with Crippen LogP contribution in [-0.4, -0.2) is 36.4 Å². The van der Waals surface area contributed by atoms with Gasteiger partial charge in [-0.2, -0.15) is 5.48 Å². The third-order valence-electron chi connectivity index (χ3n) is 3.08. The summed E-state index contributed by atoms with van der Waals surface area (Å²) >= 11 is 0. The lowest BCUT2D eigenvalue weighted by Crippen LogP contribution is -2.40. The summed E-state index contributed by atoms with van der Waals surface area (Å²) in [5, 5.41) is 0. The van der Waals surface area contributed by atoms with E-state index in [0.29, 0.717) is 5.56 Å². The molecule has 0 aliphatic carbocycles. The molecule has 5 nitrogen and oxygen atoms in total. The Hall–Kier alpha value is -1.88. The first-order chi connectivity index (χ1) is 9.25. The summed E-state index contributed by atoms with van der Waals surface area (Å²) < 4.78 is 0. The van der Waals surface area contributed by atoms with Crippen LogP contribution in [0.5, 0.6) is 0 Å². The number of carbonyl (C=O) groups excluding carboxylic acids is 2. The van der Waals surface area contributed by atoms with Gasteiger partial charge in [0.1, 0.15) is 0 Å². The van der Waals surface area contributed by atoms with Gasteiger partial charge in [0.15, 0.2) is 0 Å². The summed E-state index contributed by atoms with van der Waals surface area (Å²) in [6, 6.07) is 8.57. The van der Waals surface area contributed by atoms with Crippen molar-refractivity contribution in [3.05, 3.63) is 35.9 Å². The fourth-order valence-corrected chi connectivity index (χ4v) is 2.09. The second-order valence-corrected chi connectivity index (χ2v) is 4.62. The zero-order valence-electron chi connectivity index (χ0n) is 10.8. The number of nitrogens with zero attached hydrogens (tertiary/aromatic N) is 1. The van der Waals surface area contributed by atoms with E-state index in [0.717, 1.165) is 25.9 Å². The molecule has 1 amide bonds. The Bertz CT molecular complexity index is 428. The van der Waals surface area contributed by atoms with Crippen LogP contribution in [0.2, 0.25) is 0 Å². The van der Waals surface area contributed by atoms with Gasteiger partial charge in [0, 0.05) is 0 Å².